The fourth-order valence-corrected chi connectivity index (χ4v) is 6.34. The Morgan fingerprint density at radius 2 is 2.07 bits per heavy atom. The maximum Gasteiger partial charge on any atom is 0.242 e. The van der Waals surface area contributed by atoms with Crippen molar-refractivity contribution in [1.82, 2.24) is 9.62 Å². The van der Waals surface area contributed by atoms with Gasteiger partial charge in [0.2, 0.25) is 15.9 Å². The van der Waals surface area contributed by atoms with Crippen LogP contribution in [0.15, 0.2) is 29.2 Å². The number of sulfonamides is 1. The third-order valence-corrected chi connectivity index (χ3v) is 8.82. The zero-order valence-corrected chi connectivity index (χ0v) is 18.0. The Labute approximate surface area is 167 Å². The number of carbonyl (C=O) groups is 1. The molecule has 0 aliphatic heterocycles. The smallest absolute Gasteiger partial charge is 0.242 e. The van der Waals surface area contributed by atoms with E-state index in [1.807, 2.05) is 6.07 Å². The Kier molecular flexibility index (Phi) is 6.54. The van der Waals surface area contributed by atoms with Crippen molar-refractivity contribution in [3.8, 4) is 0 Å². The molecule has 5 nitrogen and oxygen atoms in total. The van der Waals surface area contributed by atoms with Crippen LogP contribution in [0, 0.1) is 17.8 Å². The van der Waals surface area contributed by atoms with E-state index in [0.717, 1.165) is 17.4 Å². The van der Waals surface area contributed by atoms with Gasteiger partial charge in [0.15, 0.2) is 0 Å². The summed E-state index contributed by atoms with van der Waals surface area (Å²) in [7, 11) is -0.373. The van der Waals surface area contributed by atoms with Gasteiger partial charge in [0.05, 0.1) is 10.6 Å². The number of hydrogen-bond donors (Lipinski definition) is 1. The van der Waals surface area contributed by atoms with Crippen molar-refractivity contribution in [2.75, 3.05) is 19.8 Å². The molecule has 0 heterocycles. The van der Waals surface area contributed by atoms with Gasteiger partial charge in [-0.05, 0) is 61.6 Å². The third kappa shape index (κ3) is 4.87. The summed E-state index contributed by atoms with van der Waals surface area (Å²) in [5.41, 5.74) is 0.914. The van der Waals surface area contributed by atoms with Gasteiger partial charge in [-0.3, -0.25) is 4.79 Å². The molecule has 0 aromatic heterocycles. The second-order valence-electron chi connectivity index (χ2n) is 8.12. The van der Waals surface area contributed by atoms with Crippen molar-refractivity contribution < 1.29 is 13.2 Å². The van der Waals surface area contributed by atoms with Crippen LogP contribution >= 0.6 is 11.8 Å². The first-order valence-electron chi connectivity index (χ1n) is 9.66. The van der Waals surface area contributed by atoms with E-state index in [2.05, 4.69) is 12.2 Å². The van der Waals surface area contributed by atoms with Crippen LogP contribution in [-0.4, -0.2) is 44.5 Å². The van der Waals surface area contributed by atoms with Gasteiger partial charge in [-0.25, -0.2) is 12.7 Å². The Morgan fingerprint density at radius 1 is 1.30 bits per heavy atom. The van der Waals surface area contributed by atoms with Gasteiger partial charge in [-0.2, -0.15) is 0 Å². The number of carbonyl (C=O) groups excluding carboxylic acids is 1. The molecule has 4 atom stereocenters. The average Bonchev–Trinajstić information content (AvgIpc) is 3.25. The van der Waals surface area contributed by atoms with Crippen LogP contribution in [0.3, 0.4) is 0 Å². The second-order valence-corrected chi connectivity index (χ2v) is 11.3. The minimum atomic E-state index is -3.43. The summed E-state index contributed by atoms with van der Waals surface area (Å²) in [6, 6.07) is 7.20. The summed E-state index contributed by atoms with van der Waals surface area (Å²) < 4.78 is 25.7. The van der Waals surface area contributed by atoms with E-state index in [4.69, 9.17) is 0 Å². The van der Waals surface area contributed by atoms with Gasteiger partial charge in [-0.15, -0.1) is 11.8 Å². The number of nitrogens with one attached hydrogen (secondary N) is 1. The van der Waals surface area contributed by atoms with Gasteiger partial charge in [-0.1, -0.05) is 18.6 Å². The summed E-state index contributed by atoms with van der Waals surface area (Å²) in [4.78, 5) is 12.6. The maximum absolute atomic E-state index is 12.3. The highest BCUT2D eigenvalue weighted by Crippen LogP contribution is 2.49. The molecule has 27 heavy (non-hydrogen) atoms. The topological polar surface area (TPSA) is 66.5 Å². The first-order valence-corrected chi connectivity index (χ1v) is 12.3. The number of fused-ring (bicyclic) bond motifs is 2. The van der Waals surface area contributed by atoms with Crippen LogP contribution in [0.5, 0.6) is 0 Å². The monoisotopic (exact) mass is 410 g/mol. The van der Waals surface area contributed by atoms with Crippen LogP contribution in [0.4, 0.5) is 0 Å². The Hall–Kier alpha value is -1.05. The first kappa shape index (κ1) is 20.7. The summed E-state index contributed by atoms with van der Waals surface area (Å²) in [5, 5.41) is 3.18. The number of rotatable bonds is 8. The summed E-state index contributed by atoms with van der Waals surface area (Å²) in [6.07, 6.45) is 5.33. The molecular weight excluding hydrogens is 380 g/mol. The molecule has 0 radical (unpaired) electrons. The van der Waals surface area contributed by atoms with Crippen molar-refractivity contribution in [2.24, 2.45) is 17.8 Å². The lowest BCUT2D eigenvalue weighted by Gasteiger charge is -2.28. The number of benzene rings is 1. The molecule has 2 bridgehead atoms. The normalized spacial score (nSPS) is 25.7. The predicted molar refractivity (Wildman–Crippen MR) is 110 cm³/mol. The number of nitrogens with zero attached hydrogens (tertiary/aromatic N) is 1. The highest BCUT2D eigenvalue weighted by Gasteiger charge is 2.42. The zero-order valence-electron chi connectivity index (χ0n) is 16.3. The van der Waals surface area contributed by atoms with Crippen molar-refractivity contribution in [1.29, 1.82) is 0 Å². The molecule has 1 aromatic rings. The molecule has 4 unspecified atom stereocenters. The largest absolute Gasteiger partial charge is 0.353 e. The van der Waals surface area contributed by atoms with Crippen molar-refractivity contribution in [2.45, 2.75) is 49.3 Å². The molecule has 3 rings (SSSR count). The molecule has 1 amide bonds. The van der Waals surface area contributed by atoms with Crippen molar-refractivity contribution in [3.05, 3.63) is 29.8 Å². The van der Waals surface area contributed by atoms with E-state index < -0.39 is 10.0 Å². The lowest BCUT2D eigenvalue weighted by molar-refractivity contribution is -0.119. The van der Waals surface area contributed by atoms with E-state index in [1.54, 1.807) is 18.2 Å². The van der Waals surface area contributed by atoms with Gasteiger partial charge in [0.25, 0.3) is 0 Å². The maximum atomic E-state index is 12.3. The standard InChI is InChI=1S/C20H30N2O3S2/c1-14(19-11-15-7-8-17(19)9-15)21-20(23)13-26-12-16-5-4-6-18(10-16)27(24,25)22(2)3/h4-6,10,14-15,17,19H,7-9,11-13H2,1-3H3,(H,21,23). The Balaban J connectivity index is 1.46. The Bertz CT molecular complexity index is 779. The van der Waals surface area contributed by atoms with Gasteiger partial charge < -0.3 is 5.32 Å². The molecular formula is C20H30N2O3S2. The molecule has 0 saturated heterocycles. The van der Waals surface area contributed by atoms with Crippen LogP contribution in [0.2, 0.25) is 0 Å². The first-order chi connectivity index (χ1) is 12.8. The molecule has 2 aliphatic rings. The van der Waals surface area contributed by atoms with E-state index in [9.17, 15) is 13.2 Å². The van der Waals surface area contributed by atoms with Gasteiger partial charge in [0, 0.05) is 25.9 Å². The number of hydrogen-bond acceptors (Lipinski definition) is 4. The minimum Gasteiger partial charge on any atom is -0.353 e. The summed E-state index contributed by atoms with van der Waals surface area (Å²) >= 11 is 1.52. The quantitative estimate of drug-likeness (QED) is 0.715. The molecule has 7 heteroatoms. The molecule has 2 saturated carbocycles. The van der Waals surface area contributed by atoms with Crippen LogP contribution in [0.1, 0.15) is 38.2 Å². The molecule has 2 aliphatic carbocycles. The highest BCUT2D eigenvalue weighted by molar-refractivity contribution is 7.99. The third-order valence-electron chi connectivity index (χ3n) is 6.00. The predicted octanol–water partition coefficient (Wildman–Crippen LogP) is 3.11. The fraction of sp³-hybridized carbons (Fsp3) is 0.650. The SMILES string of the molecule is CC(NC(=O)CSCc1cccc(S(=O)(=O)N(C)C)c1)C1CC2CCC1C2. The van der Waals surface area contributed by atoms with Crippen LogP contribution < -0.4 is 5.32 Å². The van der Waals surface area contributed by atoms with E-state index in [-0.39, 0.29) is 11.9 Å². The lowest BCUT2D eigenvalue weighted by Crippen LogP contribution is -2.40. The van der Waals surface area contributed by atoms with Gasteiger partial charge >= 0.3 is 0 Å². The zero-order chi connectivity index (χ0) is 19.6. The molecule has 2 fully saturated rings. The Morgan fingerprint density at radius 3 is 2.70 bits per heavy atom. The minimum absolute atomic E-state index is 0.0762. The van der Waals surface area contributed by atoms with E-state index in [1.165, 1.54) is 55.8 Å². The summed E-state index contributed by atoms with van der Waals surface area (Å²) in [6.45, 7) is 2.14. The fourth-order valence-electron chi connectivity index (χ4n) is 4.58. The number of thioether (sulfide) groups is 1. The lowest BCUT2D eigenvalue weighted by atomic mass is 9.84. The van der Waals surface area contributed by atoms with Crippen LogP contribution in [0.25, 0.3) is 0 Å². The molecule has 1 N–H and O–H groups in total. The van der Waals surface area contributed by atoms with Crippen molar-refractivity contribution >= 4 is 27.7 Å². The second kappa shape index (κ2) is 8.53. The van der Waals surface area contributed by atoms with E-state index in [0.29, 0.717) is 22.3 Å². The summed E-state index contributed by atoms with van der Waals surface area (Å²) in [5.74, 6) is 3.43. The molecule has 150 valence electrons. The van der Waals surface area contributed by atoms with Crippen LogP contribution in [-0.2, 0) is 20.6 Å². The molecule has 1 aromatic carbocycles. The number of amides is 1. The van der Waals surface area contributed by atoms with Gasteiger partial charge in [0.1, 0.15) is 0 Å². The average molecular weight is 411 g/mol. The molecule has 0 spiro atoms. The van der Waals surface area contributed by atoms with Crippen molar-refractivity contribution in [3.63, 3.8) is 0 Å². The highest BCUT2D eigenvalue weighted by atomic mass is 32.2. The van der Waals surface area contributed by atoms with E-state index >= 15 is 0 Å².